The number of aryl methyl sites for hydroxylation is 1. The summed E-state index contributed by atoms with van der Waals surface area (Å²) in [7, 11) is -6.92. The first kappa shape index (κ1) is 35.6. The molecule has 0 aromatic heterocycles. The zero-order chi connectivity index (χ0) is 36.6. The molecule has 0 unspecified atom stereocenters. The summed E-state index contributed by atoms with van der Waals surface area (Å²) < 4.78 is 121. The van der Waals surface area contributed by atoms with Crippen LogP contribution in [0.1, 0.15) is 11.1 Å². The van der Waals surface area contributed by atoms with Gasteiger partial charge in [-0.3, -0.25) is 15.1 Å². The van der Waals surface area contributed by atoms with Crippen molar-refractivity contribution in [2.75, 3.05) is 10.6 Å². The van der Waals surface area contributed by atoms with Gasteiger partial charge in [0.25, 0.3) is 15.5 Å². The van der Waals surface area contributed by atoms with Crippen molar-refractivity contribution in [1.29, 1.82) is 0 Å². The molecule has 260 valence electrons. The summed E-state index contributed by atoms with van der Waals surface area (Å²) in [5, 5.41) is 22.6. The summed E-state index contributed by atoms with van der Waals surface area (Å²) in [6, 6.07) is 22.4. The van der Waals surface area contributed by atoms with Crippen molar-refractivity contribution in [3.8, 4) is 5.75 Å². The van der Waals surface area contributed by atoms with Gasteiger partial charge in [0.1, 0.15) is 11.4 Å². The molecule has 5 rings (SSSR count). The monoisotopic (exact) mass is 720 g/mol. The minimum Gasteiger partial charge on any atom is -0.507 e. The first-order chi connectivity index (χ1) is 23.3. The molecular weight excluding hydrogens is 697 g/mol. The Labute approximate surface area is 278 Å². The number of aromatic hydroxyl groups is 1. The number of phenols is 1. The number of alkyl halides is 7. The third kappa shape index (κ3) is 6.63. The SMILES string of the molecule is Cc1ccc(Nc2c(Nc3ccc(N=Cc4ccc5ccccc5c4O)cc3)cc(S(=O)(=O)C(F)(F)C(F)(F)C(F)(F)F)cc2[N+](=O)[O-])cc1. The van der Waals surface area contributed by atoms with Crippen LogP contribution in [0.4, 0.5) is 64.9 Å². The molecule has 50 heavy (non-hydrogen) atoms. The summed E-state index contributed by atoms with van der Waals surface area (Å²) >= 11 is 0. The van der Waals surface area contributed by atoms with E-state index in [-0.39, 0.29) is 29.3 Å². The summed E-state index contributed by atoms with van der Waals surface area (Å²) in [6.07, 6.45) is -5.61. The predicted octanol–water partition coefficient (Wildman–Crippen LogP) is 9.56. The maximum atomic E-state index is 14.6. The van der Waals surface area contributed by atoms with Crippen molar-refractivity contribution in [2.24, 2.45) is 4.99 Å². The number of phenolic OH excluding ortho intramolecular Hbond substituents is 1. The highest BCUT2D eigenvalue weighted by Gasteiger charge is 2.78. The molecule has 17 heteroatoms. The minimum atomic E-state index is -7.06. The number of aliphatic imine (C=N–C) groups is 1. The Morgan fingerprint density at radius 3 is 2.04 bits per heavy atom. The van der Waals surface area contributed by atoms with Crippen LogP contribution >= 0.6 is 0 Å². The van der Waals surface area contributed by atoms with Crippen LogP contribution in [0, 0.1) is 17.0 Å². The van der Waals surface area contributed by atoms with Crippen LogP contribution in [0.5, 0.6) is 5.75 Å². The van der Waals surface area contributed by atoms with E-state index in [4.69, 9.17) is 0 Å². The van der Waals surface area contributed by atoms with Gasteiger partial charge in [0.2, 0.25) is 0 Å². The van der Waals surface area contributed by atoms with Crippen molar-refractivity contribution in [2.45, 2.75) is 29.2 Å². The fraction of sp³-hybridized carbons (Fsp3) is 0.121. The molecule has 5 aromatic carbocycles. The number of nitro benzene ring substituents is 1. The maximum absolute atomic E-state index is 14.6. The van der Waals surface area contributed by atoms with E-state index in [0.29, 0.717) is 16.6 Å². The van der Waals surface area contributed by atoms with Gasteiger partial charge in [0.15, 0.2) is 0 Å². The molecule has 3 N–H and O–H groups in total. The van der Waals surface area contributed by atoms with Crippen LogP contribution in [0.2, 0.25) is 0 Å². The van der Waals surface area contributed by atoms with Crippen LogP contribution in [-0.4, -0.2) is 42.0 Å². The Balaban J connectivity index is 1.56. The lowest BCUT2D eigenvalue weighted by molar-refractivity contribution is -0.384. The molecule has 9 nitrogen and oxygen atoms in total. The number of hydrogen-bond acceptors (Lipinski definition) is 8. The van der Waals surface area contributed by atoms with Crippen LogP contribution in [0.15, 0.2) is 107 Å². The highest BCUT2D eigenvalue weighted by Crippen LogP contribution is 2.52. The number of nitro groups is 1. The first-order valence-corrected chi connectivity index (χ1v) is 15.7. The molecule has 0 fully saturated rings. The molecule has 0 aliphatic carbocycles. The van der Waals surface area contributed by atoms with Gasteiger partial charge in [0, 0.05) is 34.6 Å². The van der Waals surface area contributed by atoms with E-state index in [1.54, 1.807) is 43.3 Å². The largest absolute Gasteiger partial charge is 0.507 e. The van der Waals surface area contributed by atoms with Gasteiger partial charge < -0.3 is 15.7 Å². The van der Waals surface area contributed by atoms with Crippen LogP contribution in [-0.2, 0) is 9.84 Å². The number of nitrogens with one attached hydrogen (secondary N) is 2. The smallest absolute Gasteiger partial charge is 0.461 e. The standard InChI is InChI=1S/C33H23F7N4O5S/c1-19-6-10-24(11-7-19)43-29-27(16-25(17-28(29)44(46)47)50(48,49)33(39,40)31(34,35)32(36,37)38)42-23-14-12-22(13-15-23)41-18-21-9-8-20-4-2-3-5-26(20)30(21)45/h2-18,42-43,45H,1H3. The van der Waals surface area contributed by atoms with E-state index >= 15 is 0 Å². The second kappa shape index (κ2) is 13.0. The lowest BCUT2D eigenvalue weighted by atomic mass is 10.1. The average molecular weight is 721 g/mol. The van der Waals surface area contributed by atoms with E-state index in [9.17, 15) is 54.4 Å². The number of anilines is 4. The Kier molecular flexibility index (Phi) is 9.23. The van der Waals surface area contributed by atoms with Gasteiger partial charge in [-0.05, 0) is 60.8 Å². The molecule has 0 bridgehead atoms. The van der Waals surface area contributed by atoms with Gasteiger partial charge in [-0.1, -0.05) is 48.0 Å². The fourth-order valence-electron chi connectivity index (χ4n) is 4.70. The number of benzene rings is 5. The van der Waals surface area contributed by atoms with Crippen molar-refractivity contribution >= 4 is 60.9 Å². The molecule has 0 amide bonds. The van der Waals surface area contributed by atoms with E-state index in [1.165, 1.54) is 42.6 Å². The quantitative estimate of drug-likeness (QED) is 0.0566. The zero-order valence-electron chi connectivity index (χ0n) is 25.3. The number of sulfone groups is 1. The van der Waals surface area contributed by atoms with Crippen molar-refractivity contribution in [3.05, 3.63) is 118 Å². The number of rotatable bonds is 10. The molecule has 0 heterocycles. The van der Waals surface area contributed by atoms with E-state index in [2.05, 4.69) is 15.6 Å². The molecule has 0 aliphatic rings. The average Bonchev–Trinajstić information content (AvgIpc) is 3.06. The molecule has 0 spiro atoms. The Morgan fingerprint density at radius 1 is 0.820 bits per heavy atom. The van der Waals surface area contributed by atoms with Crippen LogP contribution in [0.25, 0.3) is 10.8 Å². The summed E-state index contributed by atoms with van der Waals surface area (Å²) in [6.45, 7) is 1.73. The second-order valence-electron chi connectivity index (χ2n) is 10.9. The highest BCUT2D eigenvalue weighted by molar-refractivity contribution is 7.92. The van der Waals surface area contributed by atoms with E-state index < -0.39 is 54.1 Å². The Morgan fingerprint density at radius 2 is 1.42 bits per heavy atom. The number of hydrogen-bond donors (Lipinski definition) is 3. The van der Waals surface area contributed by atoms with Gasteiger partial charge >= 0.3 is 17.4 Å². The van der Waals surface area contributed by atoms with Crippen molar-refractivity contribution in [3.63, 3.8) is 0 Å². The fourth-order valence-corrected chi connectivity index (χ4v) is 5.99. The molecular formula is C33H23F7N4O5S. The summed E-state index contributed by atoms with van der Waals surface area (Å²) in [5.41, 5.74) is -0.700. The molecule has 0 radical (unpaired) electrons. The van der Waals surface area contributed by atoms with Crippen LogP contribution < -0.4 is 10.6 Å². The normalized spacial score (nSPS) is 12.7. The minimum absolute atomic E-state index is 0.0197. The predicted molar refractivity (Wildman–Crippen MR) is 173 cm³/mol. The number of halogens is 7. The van der Waals surface area contributed by atoms with Gasteiger partial charge in [0.05, 0.1) is 21.2 Å². The lowest BCUT2D eigenvalue weighted by Gasteiger charge is -2.28. The van der Waals surface area contributed by atoms with E-state index in [1.807, 2.05) is 12.1 Å². The molecule has 0 atom stereocenters. The third-order valence-electron chi connectivity index (χ3n) is 7.41. The third-order valence-corrected chi connectivity index (χ3v) is 9.20. The van der Waals surface area contributed by atoms with Gasteiger partial charge in [-0.15, -0.1) is 0 Å². The van der Waals surface area contributed by atoms with Crippen molar-refractivity contribution < 1.29 is 49.2 Å². The van der Waals surface area contributed by atoms with E-state index in [0.717, 1.165) is 10.9 Å². The first-order valence-electron chi connectivity index (χ1n) is 14.2. The lowest BCUT2D eigenvalue weighted by Crippen LogP contribution is -2.55. The summed E-state index contributed by atoms with van der Waals surface area (Å²) in [4.78, 5) is 13.3. The molecule has 0 aliphatic heterocycles. The highest BCUT2D eigenvalue weighted by atomic mass is 32.2. The maximum Gasteiger partial charge on any atom is 0.461 e. The van der Waals surface area contributed by atoms with Gasteiger partial charge in [-0.2, -0.15) is 30.7 Å². The molecule has 0 saturated heterocycles. The number of fused-ring (bicyclic) bond motifs is 1. The van der Waals surface area contributed by atoms with Crippen LogP contribution in [0.3, 0.4) is 0 Å². The number of nitrogens with zero attached hydrogens (tertiary/aromatic N) is 2. The van der Waals surface area contributed by atoms with Crippen molar-refractivity contribution in [1.82, 2.24) is 0 Å². The Hall–Kier alpha value is -5.71. The second-order valence-corrected chi connectivity index (χ2v) is 12.9. The zero-order valence-corrected chi connectivity index (χ0v) is 26.2. The van der Waals surface area contributed by atoms with Gasteiger partial charge in [-0.25, -0.2) is 8.42 Å². The summed E-state index contributed by atoms with van der Waals surface area (Å²) in [5.74, 6) is -7.08. The topological polar surface area (TPSA) is 134 Å². The molecule has 5 aromatic rings. The molecule has 0 saturated carbocycles. The Bertz CT molecular complexity index is 2230.